The fourth-order valence-electron chi connectivity index (χ4n) is 3.34. The maximum absolute atomic E-state index is 12.3. The zero-order valence-electron chi connectivity index (χ0n) is 17.3. The number of carbonyl (C=O) groups excluding carboxylic acids is 2. The number of amides is 1. The van der Waals surface area contributed by atoms with Crippen LogP contribution in [0.2, 0.25) is 0 Å². The van der Waals surface area contributed by atoms with E-state index in [-0.39, 0.29) is 34.6 Å². The second-order valence-corrected chi connectivity index (χ2v) is 7.52. The topological polar surface area (TPSA) is 102 Å². The Balaban J connectivity index is 1.83. The number of benzene rings is 2. The fraction of sp³-hybridized carbons (Fsp3) is 0.304. The molecule has 7 heteroatoms. The summed E-state index contributed by atoms with van der Waals surface area (Å²) < 4.78 is 0. The summed E-state index contributed by atoms with van der Waals surface area (Å²) in [4.78, 5) is 25.9. The van der Waals surface area contributed by atoms with Gasteiger partial charge >= 0.3 is 0 Å². The van der Waals surface area contributed by atoms with Gasteiger partial charge in [-0.1, -0.05) is 43.3 Å². The normalized spacial score (nSPS) is 16.7. The summed E-state index contributed by atoms with van der Waals surface area (Å²) in [5.74, 6) is -0.974. The Kier molecular flexibility index (Phi) is 6.42. The molecule has 0 saturated heterocycles. The van der Waals surface area contributed by atoms with Gasteiger partial charge in [0.2, 0.25) is 5.78 Å². The molecule has 0 spiro atoms. The Labute approximate surface area is 176 Å². The number of Topliss-reactive ketones (excluding diaryl/α,β-unsaturated/α-hetero) is 1. The smallest absolute Gasteiger partial charge is 0.257 e. The van der Waals surface area contributed by atoms with Crippen LogP contribution in [0.3, 0.4) is 0 Å². The molecule has 0 fully saturated rings. The maximum atomic E-state index is 12.3. The number of carbonyl (C=O) groups is 2. The van der Waals surface area contributed by atoms with E-state index in [9.17, 15) is 19.8 Å². The lowest BCUT2D eigenvalue weighted by atomic mass is 9.92. The number of aliphatic hydroxyl groups excluding tert-OH is 1. The van der Waals surface area contributed by atoms with Gasteiger partial charge in [-0.15, -0.1) is 0 Å². The SMILES string of the molecule is CC[C@H](Cc1ccccc1)NC1=C(Nc2cccc(C(=O)N(C)C)c2O)C(O)C1=O. The summed E-state index contributed by atoms with van der Waals surface area (Å²) >= 11 is 0. The fourth-order valence-corrected chi connectivity index (χ4v) is 3.34. The summed E-state index contributed by atoms with van der Waals surface area (Å²) in [6.07, 6.45) is 0.220. The van der Waals surface area contributed by atoms with Gasteiger partial charge in [0.25, 0.3) is 5.91 Å². The highest BCUT2D eigenvalue weighted by Crippen LogP contribution is 2.33. The van der Waals surface area contributed by atoms with Crippen LogP contribution in [0.1, 0.15) is 29.3 Å². The summed E-state index contributed by atoms with van der Waals surface area (Å²) in [5, 5.41) is 26.9. The van der Waals surface area contributed by atoms with E-state index in [0.717, 1.165) is 18.4 Å². The Morgan fingerprint density at radius 2 is 1.83 bits per heavy atom. The number of hydrogen-bond donors (Lipinski definition) is 4. The van der Waals surface area contributed by atoms with E-state index in [4.69, 9.17) is 0 Å². The Hall–Kier alpha value is -3.32. The number of phenolic OH excluding ortho intramolecular Hbond substituents is 1. The third kappa shape index (κ3) is 4.31. The molecule has 4 N–H and O–H groups in total. The van der Waals surface area contributed by atoms with Gasteiger partial charge < -0.3 is 25.7 Å². The van der Waals surface area contributed by atoms with Crippen LogP contribution in [0.15, 0.2) is 59.9 Å². The van der Waals surface area contributed by atoms with Crippen molar-refractivity contribution in [2.75, 3.05) is 19.4 Å². The van der Waals surface area contributed by atoms with Crippen molar-refractivity contribution in [2.45, 2.75) is 31.9 Å². The van der Waals surface area contributed by atoms with Gasteiger partial charge in [0.15, 0.2) is 11.9 Å². The molecule has 3 rings (SSSR count). The third-order valence-corrected chi connectivity index (χ3v) is 5.15. The minimum absolute atomic E-state index is 0.00546. The number of nitrogens with one attached hydrogen (secondary N) is 2. The van der Waals surface area contributed by atoms with Crippen molar-refractivity contribution in [1.82, 2.24) is 10.2 Å². The van der Waals surface area contributed by atoms with Crippen molar-refractivity contribution in [3.05, 3.63) is 71.1 Å². The Bertz CT molecular complexity index is 970. The van der Waals surface area contributed by atoms with Crippen molar-refractivity contribution in [2.24, 2.45) is 0 Å². The van der Waals surface area contributed by atoms with Crippen LogP contribution in [0.5, 0.6) is 5.75 Å². The molecule has 158 valence electrons. The van der Waals surface area contributed by atoms with Crippen LogP contribution >= 0.6 is 0 Å². The van der Waals surface area contributed by atoms with E-state index >= 15 is 0 Å². The lowest BCUT2D eigenvalue weighted by molar-refractivity contribution is -0.125. The number of aliphatic hydroxyl groups is 1. The molecule has 30 heavy (non-hydrogen) atoms. The van der Waals surface area contributed by atoms with Crippen molar-refractivity contribution in [3.8, 4) is 5.75 Å². The third-order valence-electron chi connectivity index (χ3n) is 5.15. The summed E-state index contributed by atoms with van der Waals surface area (Å²) in [6, 6.07) is 14.7. The lowest BCUT2D eigenvalue weighted by Crippen LogP contribution is -2.48. The number of para-hydroxylation sites is 1. The number of phenols is 1. The molecule has 1 aliphatic rings. The van der Waals surface area contributed by atoms with Crippen molar-refractivity contribution in [1.29, 1.82) is 0 Å². The minimum atomic E-state index is -1.30. The van der Waals surface area contributed by atoms with E-state index in [1.165, 1.54) is 11.0 Å². The molecule has 0 heterocycles. The second kappa shape index (κ2) is 9.00. The molecule has 2 aromatic rings. The van der Waals surface area contributed by atoms with Crippen LogP contribution in [-0.4, -0.2) is 53.0 Å². The quantitative estimate of drug-likeness (QED) is 0.499. The van der Waals surface area contributed by atoms with Crippen molar-refractivity contribution >= 4 is 17.4 Å². The van der Waals surface area contributed by atoms with Gasteiger partial charge in [-0.05, 0) is 30.5 Å². The minimum Gasteiger partial charge on any atom is -0.505 e. The van der Waals surface area contributed by atoms with Crippen LogP contribution in [0.4, 0.5) is 5.69 Å². The molecule has 1 amide bonds. The molecular weight excluding hydrogens is 382 g/mol. The molecule has 0 aromatic heterocycles. The van der Waals surface area contributed by atoms with E-state index in [2.05, 4.69) is 10.6 Å². The summed E-state index contributed by atoms with van der Waals surface area (Å²) in [7, 11) is 3.19. The van der Waals surface area contributed by atoms with Gasteiger partial charge in [0.05, 0.1) is 16.9 Å². The second-order valence-electron chi connectivity index (χ2n) is 7.52. The predicted octanol–water partition coefficient (Wildman–Crippen LogP) is 2.27. The van der Waals surface area contributed by atoms with Crippen LogP contribution in [0.25, 0.3) is 0 Å². The first-order valence-corrected chi connectivity index (χ1v) is 9.91. The van der Waals surface area contributed by atoms with Gasteiger partial charge in [-0.2, -0.15) is 0 Å². The molecule has 1 aliphatic carbocycles. The predicted molar refractivity (Wildman–Crippen MR) is 115 cm³/mol. The number of aromatic hydroxyl groups is 1. The van der Waals surface area contributed by atoms with Crippen molar-refractivity contribution < 1.29 is 19.8 Å². The molecule has 0 radical (unpaired) electrons. The number of rotatable bonds is 8. The van der Waals surface area contributed by atoms with E-state index in [1.54, 1.807) is 26.2 Å². The first-order chi connectivity index (χ1) is 14.3. The Morgan fingerprint density at radius 3 is 2.47 bits per heavy atom. The highest BCUT2D eigenvalue weighted by Gasteiger charge is 2.39. The number of nitrogens with zero attached hydrogens (tertiary/aromatic N) is 1. The molecule has 0 saturated carbocycles. The molecular formula is C23H27N3O4. The van der Waals surface area contributed by atoms with E-state index in [1.807, 2.05) is 37.3 Å². The van der Waals surface area contributed by atoms with E-state index < -0.39 is 11.9 Å². The summed E-state index contributed by atoms with van der Waals surface area (Å²) in [6.45, 7) is 2.02. The number of hydrogen-bond acceptors (Lipinski definition) is 6. The summed E-state index contributed by atoms with van der Waals surface area (Å²) in [5.41, 5.74) is 2.12. The van der Waals surface area contributed by atoms with E-state index in [0.29, 0.717) is 5.70 Å². The average molecular weight is 409 g/mol. The van der Waals surface area contributed by atoms with Gasteiger partial charge in [-0.3, -0.25) is 9.59 Å². The Morgan fingerprint density at radius 1 is 1.13 bits per heavy atom. The zero-order chi connectivity index (χ0) is 21.8. The number of ketones is 1. The monoisotopic (exact) mass is 409 g/mol. The van der Waals surface area contributed by atoms with Crippen LogP contribution in [0, 0.1) is 0 Å². The first-order valence-electron chi connectivity index (χ1n) is 9.91. The largest absolute Gasteiger partial charge is 0.505 e. The highest BCUT2D eigenvalue weighted by molar-refractivity contribution is 6.09. The zero-order valence-corrected chi connectivity index (χ0v) is 17.3. The lowest BCUT2D eigenvalue weighted by Gasteiger charge is -2.32. The highest BCUT2D eigenvalue weighted by atomic mass is 16.3. The molecule has 2 atom stereocenters. The van der Waals surface area contributed by atoms with Crippen LogP contribution in [-0.2, 0) is 11.2 Å². The molecule has 7 nitrogen and oxygen atoms in total. The molecule has 2 aromatic carbocycles. The first kappa shape index (κ1) is 21.4. The van der Waals surface area contributed by atoms with Gasteiger partial charge in [0, 0.05) is 20.1 Å². The average Bonchev–Trinajstić information content (AvgIpc) is 2.76. The molecule has 1 unspecified atom stereocenters. The van der Waals surface area contributed by atoms with Gasteiger partial charge in [0.1, 0.15) is 5.70 Å². The van der Waals surface area contributed by atoms with Gasteiger partial charge in [-0.25, -0.2) is 0 Å². The molecule has 0 aliphatic heterocycles. The maximum Gasteiger partial charge on any atom is 0.257 e. The van der Waals surface area contributed by atoms with Crippen LogP contribution < -0.4 is 10.6 Å². The van der Waals surface area contributed by atoms with Crippen molar-refractivity contribution in [3.63, 3.8) is 0 Å². The number of anilines is 1. The standard InChI is InChI=1S/C23H27N3O4/c1-4-15(13-14-9-6-5-7-10-14)24-18-19(22(29)21(18)28)25-17-12-8-11-16(20(17)27)23(30)26(2)3/h5-12,15,22,24-25,27,29H,4,13H2,1-3H3/t15-,22?/m1/s1. The molecule has 0 bridgehead atoms.